The number of hydrogen-bond donors (Lipinski definition) is 1. The zero-order chi connectivity index (χ0) is 15.7. The molecule has 2 heterocycles. The fraction of sp³-hybridized carbons (Fsp3) is 0.400. The molecule has 3 rings (SSSR count). The largest absolute Gasteiger partial charge is 0.432 e. The summed E-state index contributed by atoms with van der Waals surface area (Å²) in [5, 5.41) is 9.98. The summed E-state index contributed by atoms with van der Waals surface area (Å²) in [5.41, 5.74) is 1.16. The van der Waals surface area contributed by atoms with E-state index in [4.69, 9.17) is 4.42 Å². The highest BCUT2D eigenvalue weighted by Gasteiger charge is 2.28. The number of nitrogens with zero attached hydrogens (tertiary/aromatic N) is 3. The number of aromatic nitrogens is 1. The van der Waals surface area contributed by atoms with Crippen LogP contribution in [0.15, 0.2) is 28.7 Å². The first-order valence-electron chi connectivity index (χ1n) is 7.13. The fourth-order valence-electron chi connectivity index (χ4n) is 2.56. The third-order valence-electron chi connectivity index (χ3n) is 3.71. The molecule has 0 spiro atoms. The van der Waals surface area contributed by atoms with Gasteiger partial charge in [0.15, 0.2) is 5.58 Å². The van der Waals surface area contributed by atoms with Gasteiger partial charge < -0.3 is 19.3 Å². The highest BCUT2D eigenvalue weighted by atomic mass is 16.4. The van der Waals surface area contributed by atoms with E-state index in [1.54, 1.807) is 12.1 Å². The first-order valence-corrected chi connectivity index (χ1v) is 7.13. The molecule has 22 heavy (non-hydrogen) atoms. The van der Waals surface area contributed by atoms with Crippen molar-refractivity contribution in [2.75, 3.05) is 26.2 Å². The average molecular weight is 303 g/mol. The number of para-hydroxylation sites is 2. The molecule has 1 aromatic heterocycles. The van der Waals surface area contributed by atoms with Crippen LogP contribution in [-0.2, 0) is 4.79 Å². The number of carbonyl (C=O) groups excluding carboxylic acids is 2. The van der Waals surface area contributed by atoms with Crippen molar-refractivity contribution in [1.29, 1.82) is 0 Å². The predicted molar refractivity (Wildman–Crippen MR) is 78.2 cm³/mol. The highest BCUT2D eigenvalue weighted by molar-refractivity contribution is 5.92. The molecule has 0 bridgehead atoms. The van der Waals surface area contributed by atoms with E-state index in [1.165, 1.54) is 16.7 Å². The number of aliphatic hydroxyl groups excluding tert-OH is 1. The van der Waals surface area contributed by atoms with E-state index in [9.17, 15) is 14.7 Å². The molecule has 1 atom stereocenters. The molecule has 1 fully saturated rings. The van der Waals surface area contributed by atoms with Crippen LogP contribution in [-0.4, -0.2) is 64.0 Å². The van der Waals surface area contributed by atoms with Gasteiger partial charge in [-0.1, -0.05) is 12.1 Å². The topological polar surface area (TPSA) is 86.9 Å². The average Bonchev–Trinajstić information content (AvgIpc) is 2.82. The Balaban J connectivity index is 1.80. The predicted octanol–water partition coefficient (Wildman–Crippen LogP) is 0.493. The van der Waals surface area contributed by atoms with Gasteiger partial charge in [-0.3, -0.25) is 9.59 Å². The number of hydrogen-bond acceptors (Lipinski definition) is 5. The number of fused-ring (bicyclic) bond motifs is 1. The minimum absolute atomic E-state index is 0.00433. The molecule has 1 aliphatic rings. The molecule has 0 unspecified atom stereocenters. The standard InChI is InChI=1S/C15H17N3O4/c1-10(19)17-6-7-18(9-11(20)8-17)15(21)14-16-12-4-2-3-5-13(12)22-14/h2-5,11,20H,6-9H2,1H3/t11-/m0/s1. The zero-order valence-corrected chi connectivity index (χ0v) is 12.2. The third kappa shape index (κ3) is 2.80. The van der Waals surface area contributed by atoms with Crippen LogP contribution in [0.5, 0.6) is 0 Å². The summed E-state index contributed by atoms with van der Waals surface area (Å²) in [7, 11) is 0. The van der Waals surface area contributed by atoms with Crippen molar-refractivity contribution in [3.63, 3.8) is 0 Å². The van der Waals surface area contributed by atoms with Crippen molar-refractivity contribution >= 4 is 22.9 Å². The van der Waals surface area contributed by atoms with E-state index in [-0.39, 0.29) is 30.8 Å². The molecular weight excluding hydrogens is 286 g/mol. The van der Waals surface area contributed by atoms with E-state index in [2.05, 4.69) is 4.98 Å². The minimum atomic E-state index is -0.778. The summed E-state index contributed by atoms with van der Waals surface area (Å²) in [4.78, 5) is 31.1. The summed E-state index contributed by atoms with van der Waals surface area (Å²) in [6.07, 6.45) is -0.778. The lowest BCUT2D eigenvalue weighted by atomic mass is 10.3. The monoisotopic (exact) mass is 303 g/mol. The lowest BCUT2D eigenvalue weighted by molar-refractivity contribution is -0.129. The van der Waals surface area contributed by atoms with Crippen molar-refractivity contribution in [1.82, 2.24) is 14.8 Å². The number of β-amino-alcohol motifs (C(OH)–C–C–N with tert-alkyl or cyclic N) is 1. The van der Waals surface area contributed by atoms with E-state index >= 15 is 0 Å². The number of rotatable bonds is 1. The Hall–Kier alpha value is -2.41. The van der Waals surface area contributed by atoms with Gasteiger partial charge in [0.25, 0.3) is 5.89 Å². The maximum atomic E-state index is 12.5. The molecule has 0 saturated carbocycles. The minimum Gasteiger partial charge on any atom is -0.432 e. The Labute approximate surface area is 127 Å². The Kier molecular flexibility index (Phi) is 3.81. The molecule has 0 aliphatic carbocycles. The quantitative estimate of drug-likeness (QED) is 0.828. The number of oxazole rings is 1. The Morgan fingerprint density at radius 2 is 1.91 bits per heavy atom. The van der Waals surface area contributed by atoms with Gasteiger partial charge in [-0.05, 0) is 12.1 Å². The molecule has 116 valence electrons. The lowest BCUT2D eigenvalue weighted by Crippen LogP contribution is -2.37. The Bertz CT molecular complexity index is 679. The van der Waals surface area contributed by atoms with Crippen molar-refractivity contribution in [2.24, 2.45) is 0 Å². The van der Waals surface area contributed by atoms with Crippen molar-refractivity contribution in [3.8, 4) is 0 Å². The molecule has 0 radical (unpaired) electrons. The maximum absolute atomic E-state index is 12.5. The van der Waals surface area contributed by atoms with E-state index in [0.717, 1.165) is 0 Å². The van der Waals surface area contributed by atoms with Gasteiger partial charge in [0.1, 0.15) is 5.52 Å². The van der Waals surface area contributed by atoms with Crippen LogP contribution < -0.4 is 0 Å². The summed E-state index contributed by atoms with van der Waals surface area (Å²) >= 11 is 0. The van der Waals surface area contributed by atoms with E-state index in [1.807, 2.05) is 12.1 Å². The molecule has 1 saturated heterocycles. The SMILES string of the molecule is CC(=O)N1CCN(C(=O)c2nc3ccccc3o2)C[C@@H](O)C1. The second-order valence-corrected chi connectivity index (χ2v) is 5.36. The van der Waals surface area contributed by atoms with Gasteiger partial charge in [-0.25, -0.2) is 4.98 Å². The van der Waals surface area contributed by atoms with Gasteiger partial charge in [0, 0.05) is 33.1 Å². The molecular formula is C15H17N3O4. The van der Waals surface area contributed by atoms with Crippen molar-refractivity contribution in [2.45, 2.75) is 13.0 Å². The van der Waals surface area contributed by atoms with Crippen LogP contribution in [0.25, 0.3) is 11.1 Å². The normalized spacial score (nSPS) is 19.3. The molecule has 2 aromatic rings. The Morgan fingerprint density at radius 1 is 1.23 bits per heavy atom. The second-order valence-electron chi connectivity index (χ2n) is 5.36. The molecule has 1 aliphatic heterocycles. The van der Waals surface area contributed by atoms with Crippen LogP contribution in [0, 0.1) is 0 Å². The second kappa shape index (κ2) is 5.76. The summed E-state index contributed by atoms with van der Waals surface area (Å²) in [6.45, 7) is 2.56. The first-order chi connectivity index (χ1) is 10.5. The zero-order valence-electron chi connectivity index (χ0n) is 12.2. The highest BCUT2D eigenvalue weighted by Crippen LogP contribution is 2.17. The van der Waals surface area contributed by atoms with E-state index < -0.39 is 6.10 Å². The van der Waals surface area contributed by atoms with Crippen LogP contribution in [0.4, 0.5) is 0 Å². The molecule has 1 aromatic carbocycles. The summed E-state index contributed by atoms with van der Waals surface area (Å²) in [6, 6.07) is 7.14. The van der Waals surface area contributed by atoms with Crippen LogP contribution >= 0.6 is 0 Å². The van der Waals surface area contributed by atoms with Gasteiger partial charge in [0.2, 0.25) is 5.91 Å². The Morgan fingerprint density at radius 3 is 2.64 bits per heavy atom. The summed E-state index contributed by atoms with van der Waals surface area (Å²) in [5.74, 6) is -0.486. The number of benzene rings is 1. The number of amides is 2. The first kappa shape index (κ1) is 14.5. The third-order valence-corrected chi connectivity index (χ3v) is 3.71. The smallest absolute Gasteiger partial charge is 0.309 e. The van der Waals surface area contributed by atoms with Crippen LogP contribution in [0.2, 0.25) is 0 Å². The van der Waals surface area contributed by atoms with Crippen LogP contribution in [0.1, 0.15) is 17.6 Å². The number of carbonyl (C=O) groups is 2. The van der Waals surface area contributed by atoms with Gasteiger partial charge in [0.05, 0.1) is 6.10 Å². The lowest BCUT2D eigenvalue weighted by Gasteiger charge is -2.19. The molecule has 7 nitrogen and oxygen atoms in total. The number of aliphatic hydroxyl groups is 1. The van der Waals surface area contributed by atoms with Crippen LogP contribution in [0.3, 0.4) is 0 Å². The van der Waals surface area contributed by atoms with Crippen molar-refractivity contribution < 1.29 is 19.1 Å². The van der Waals surface area contributed by atoms with Crippen molar-refractivity contribution in [3.05, 3.63) is 30.2 Å². The molecule has 2 amide bonds. The maximum Gasteiger partial charge on any atom is 0.309 e. The molecule has 7 heteroatoms. The summed E-state index contributed by atoms with van der Waals surface area (Å²) < 4.78 is 5.47. The fourth-order valence-corrected chi connectivity index (χ4v) is 2.56. The van der Waals surface area contributed by atoms with Gasteiger partial charge in [-0.2, -0.15) is 0 Å². The van der Waals surface area contributed by atoms with Gasteiger partial charge in [-0.15, -0.1) is 0 Å². The van der Waals surface area contributed by atoms with E-state index in [0.29, 0.717) is 24.2 Å². The van der Waals surface area contributed by atoms with Gasteiger partial charge >= 0.3 is 5.91 Å². The molecule has 1 N–H and O–H groups in total.